The summed E-state index contributed by atoms with van der Waals surface area (Å²) >= 11 is 6.00. The molecule has 0 aliphatic carbocycles. The average Bonchev–Trinajstić information content (AvgIpc) is 2.53. The summed E-state index contributed by atoms with van der Waals surface area (Å²) < 4.78 is 31.7. The predicted molar refractivity (Wildman–Crippen MR) is 92.5 cm³/mol. The third-order valence-corrected chi connectivity index (χ3v) is 5.15. The zero-order valence-electron chi connectivity index (χ0n) is 13.3. The van der Waals surface area contributed by atoms with Crippen LogP contribution >= 0.6 is 11.6 Å². The Hall–Kier alpha value is -1.89. The molecule has 0 aliphatic heterocycles. The highest BCUT2D eigenvalue weighted by Crippen LogP contribution is 2.17. The van der Waals surface area contributed by atoms with Gasteiger partial charge in [0, 0.05) is 16.6 Å². The zero-order valence-corrected chi connectivity index (χ0v) is 14.9. The van der Waals surface area contributed by atoms with Gasteiger partial charge in [0.1, 0.15) is 6.61 Å². The summed E-state index contributed by atoms with van der Waals surface area (Å²) in [5.41, 5.74) is 0.971. The van der Waals surface area contributed by atoms with Gasteiger partial charge in [-0.15, -0.1) is 0 Å². The van der Waals surface area contributed by atoms with E-state index in [0.29, 0.717) is 10.6 Å². The van der Waals surface area contributed by atoms with Crippen molar-refractivity contribution in [3.8, 4) is 0 Å². The maximum absolute atomic E-state index is 12.0. The largest absolute Gasteiger partial charge is 0.457 e. The van der Waals surface area contributed by atoms with Crippen LogP contribution in [0.25, 0.3) is 0 Å². The Morgan fingerprint density at radius 2 is 1.75 bits per heavy atom. The van der Waals surface area contributed by atoms with Crippen molar-refractivity contribution < 1.29 is 17.9 Å². The minimum absolute atomic E-state index is 0.0491. The first kappa shape index (κ1) is 18.4. The van der Waals surface area contributed by atoms with E-state index in [1.54, 1.807) is 38.1 Å². The van der Waals surface area contributed by atoms with Gasteiger partial charge in [-0.05, 0) is 44.2 Å². The second-order valence-corrected chi connectivity index (χ2v) is 7.59. The molecule has 0 heterocycles. The van der Waals surface area contributed by atoms with Crippen LogP contribution in [0.15, 0.2) is 53.4 Å². The fraction of sp³-hybridized carbons (Fsp3) is 0.235. The Morgan fingerprint density at radius 3 is 2.33 bits per heavy atom. The first-order valence-corrected chi connectivity index (χ1v) is 9.18. The average molecular weight is 368 g/mol. The third kappa shape index (κ3) is 4.80. The lowest BCUT2D eigenvalue weighted by Crippen LogP contribution is -2.30. The number of carbonyl (C=O) groups excluding carboxylic acids is 1. The minimum Gasteiger partial charge on any atom is -0.457 e. The van der Waals surface area contributed by atoms with Gasteiger partial charge >= 0.3 is 5.97 Å². The fourth-order valence-corrected chi connectivity index (χ4v) is 3.43. The molecule has 7 heteroatoms. The highest BCUT2D eigenvalue weighted by molar-refractivity contribution is 7.89. The Morgan fingerprint density at radius 1 is 1.12 bits per heavy atom. The van der Waals surface area contributed by atoms with Crippen molar-refractivity contribution in [1.29, 1.82) is 0 Å². The van der Waals surface area contributed by atoms with Crippen LogP contribution in [-0.2, 0) is 21.4 Å². The molecule has 1 N–H and O–H groups in total. The monoisotopic (exact) mass is 367 g/mol. The summed E-state index contributed by atoms with van der Waals surface area (Å²) in [6, 6.07) is 12.4. The van der Waals surface area contributed by atoms with Crippen molar-refractivity contribution in [2.24, 2.45) is 0 Å². The van der Waals surface area contributed by atoms with Gasteiger partial charge in [-0.1, -0.05) is 29.8 Å². The number of halogens is 1. The van der Waals surface area contributed by atoms with Crippen molar-refractivity contribution in [2.45, 2.75) is 31.4 Å². The van der Waals surface area contributed by atoms with Gasteiger partial charge in [0.25, 0.3) is 0 Å². The van der Waals surface area contributed by atoms with Gasteiger partial charge in [-0.3, -0.25) is 0 Å². The fourth-order valence-electron chi connectivity index (χ4n) is 1.99. The second kappa shape index (κ2) is 7.79. The molecular weight excluding hydrogens is 350 g/mol. The number of sulfonamides is 1. The van der Waals surface area contributed by atoms with Crippen molar-refractivity contribution in [1.82, 2.24) is 4.72 Å². The van der Waals surface area contributed by atoms with Crippen molar-refractivity contribution in [3.05, 3.63) is 64.7 Å². The van der Waals surface area contributed by atoms with E-state index < -0.39 is 16.0 Å². The van der Waals surface area contributed by atoms with Gasteiger partial charge in [-0.2, -0.15) is 0 Å². The standard InChI is InChI=1S/C17H18ClNO4S/c1-12(2)19-24(21,22)15-9-7-13(8-10-15)17(20)23-11-14-5-3-4-6-16(14)18/h3-10,12,19H,11H2,1-2H3. The van der Waals surface area contributed by atoms with Crippen LogP contribution in [-0.4, -0.2) is 20.4 Å². The van der Waals surface area contributed by atoms with Crippen LogP contribution in [0.4, 0.5) is 0 Å². The SMILES string of the molecule is CC(C)NS(=O)(=O)c1ccc(C(=O)OCc2ccccc2Cl)cc1. The number of rotatable bonds is 6. The number of hydrogen-bond donors (Lipinski definition) is 1. The summed E-state index contributed by atoms with van der Waals surface area (Å²) in [6.45, 7) is 3.52. The number of hydrogen-bond acceptors (Lipinski definition) is 4. The summed E-state index contributed by atoms with van der Waals surface area (Å²) in [7, 11) is -3.58. The van der Waals surface area contributed by atoms with E-state index in [1.165, 1.54) is 24.3 Å². The third-order valence-electron chi connectivity index (χ3n) is 3.11. The quantitative estimate of drug-likeness (QED) is 0.794. The second-order valence-electron chi connectivity index (χ2n) is 5.47. The molecule has 2 aromatic carbocycles. The number of esters is 1. The lowest BCUT2D eigenvalue weighted by Gasteiger charge is -2.10. The number of carbonyl (C=O) groups is 1. The van der Waals surface area contributed by atoms with Crippen molar-refractivity contribution >= 4 is 27.6 Å². The van der Waals surface area contributed by atoms with E-state index in [9.17, 15) is 13.2 Å². The van der Waals surface area contributed by atoms with Crippen LogP contribution in [0.5, 0.6) is 0 Å². The Balaban J connectivity index is 2.05. The molecule has 0 aromatic heterocycles. The van der Waals surface area contributed by atoms with Crippen LogP contribution in [0.2, 0.25) is 5.02 Å². The first-order valence-electron chi connectivity index (χ1n) is 7.32. The summed E-state index contributed by atoms with van der Waals surface area (Å²) in [5, 5.41) is 0.520. The molecule has 24 heavy (non-hydrogen) atoms. The molecule has 0 atom stereocenters. The van der Waals surface area contributed by atoms with Crippen LogP contribution in [0, 0.1) is 0 Å². The lowest BCUT2D eigenvalue weighted by atomic mass is 10.2. The maximum atomic E-state index is 12.0. The van der Waals surface area contributed by atoms with Gasteiger partial charge < -0.3 is 4.74 Å². The van der Waals surface area contributed by atoms with Crippen molar-refractivity contribution in [3.63, 3.8) is 0 Å². The van der Waals surface area contributed by atoms with Gasteiger partial charge in [0.05, 0.1) is 10.5 Å². The number of benzene rings is 2. The minimum atomic E-state index is -3.58. The molecule has 0 bridgehead atoms. The normalized spacial score (nSPS) is 11.5. The molecule has 0 spiro atoms. The van der Waals surface area contributed by atoms with Gasteiger partial charge in [0.2, 0.25) is 10.0 Å². The van der Waals surface area contributed by atoms with E-state index in [-0.39, 0.29) is 23.1 Å². The van der Waals surface area contributed by atoms with E-state index in [1.807, 2.05) is 0 Å². The van der Waals surface area contributed by atoms with Crippen molar-refractivity contribution in [2.75, 3.05) is 0 Å². The number of ether oxygens (including phenoxy) is 1. The van der Waals surface area contributed by atoms with E-state index in [2.05, 4.69) is 4.72 Å². The Bertz CT molecular complexity index is 817. The molecule has 0 amide bonds. The lowest BCUT2D eigenvalue weighted by molar-refractivity contribution is 0.0472. The highest BCUT2D eigenvalue weighted by atomic mass is 35.5. The Kier molecular flexibility index (Phi) is 5.99. The summed E-state index contributed by atoms with van der Waals surface area (Å²) in [6.07, 6.45) is 0. The van der Waals surface area contributed by atoms with E-state index in [4.69, 9.17) is 16.3 Å². The van der Waals surface area contributed by atoms with Crippen LogP contribution in [0.1, 0.15) is 29.8 Å². The summed E-state index contributed by atoms with van der Waals surface area (Å²) in [5.74, 6) is -0.546. The predicted octanol–water partition coefficient (Wildman–Crippen LogP) is 3.38. The molecule has 0 saturated heterocycles. The highest BCUT2D eigenvalue weighted by Gasteiger charge is 2.16. The first-order chi connectivity index (χ1) is 11.3. The summed E-state index contributed by atoms with van der Waals surface area (Å²) in [4.78, 5) is 12.1. The molecule has 2 rings (SSSR count). The van der Waals surface area contributed by atoms with Gasteiger partial charge in [-0.25, -0.2) is 17.9 Å². The molecule has 5 nitrogen and oxygen atoms in total. The molecular formula is C17H18ClNO4S. The zero-order chi connectivity index (χ0) is 17.7. The maximum Gasteiger partial charge on any atom is 0.338 e. The molecule has 0 unspecified atom stereocenters. The smallest absolute Gasteiger partial charge is 0.338 e. The molecule has 0 aliphatic rings. The molecule has 0 fully saturated rings. The Labute approximate surface area is 146 Å². The van der Waals surface area contributed by atoms with E-state index >= 15 is 0 Å². The van der Waals surface area contributed by atoms with E-state index in [0.717, 1.165) is 0 Å². The molecule has 2 aromatic rings. The van der Waals surface area contributed by atoms with Crippen LogP contribution < -0.4 is 4.72 Å². The number of nitrogens with one attached hydrogen (secondary N) is 1. The van der Waals surface area contributed by atoms with Crippen LogP contribution in [0.3, 0.4) is 0 Å². The molecule has 0 saturated carbocycles. The topological polar surface area (TPSA) is 72.5 Å². The molecule has 0 radical (unpaired) electrons. The molecule has 128 valence electrons. The van der Waals surface area contributed by atoms with Gasteiger partial charge in [0.15, 0.2) is 0 Å².